The van der Waals surface area contributed by atoms with Gasteiger partial charge in [-0.25, -0.2) is 4.98 Å². The highest BCUT2D eigenvalue weighted by atomic mass is 32.2. The van der Waals surface area contributed by atoms with Crippen molar-refractivity contribution in [1.29, 1.82) is 5.26 Å². The minimum absolute atomic E-state index is 0.115. The number of thiophene rings is 1. The lowest BCUT2D eigenvalue weighted by Crippen LogP contribution is -2.49. The van der Waals surface area contributed by atoms with E-state index >= 15 is 0 Å². The molecule has 3 rings (SSSR count). The molecule has 0 bridgehead atoms. The Balaban J connectivity index is 1.75. The standard InChI is InChI=1S/C18H20N4O2S2/c1-2-9-22-16(24)13-6-10-25-15(13)20-17(22)26-11-14(23)21-18(12-19)7-4-3-5-8-18/h2,6,10H,1,3-5,7-9,11H2,(H,21,23). The van der Waals surface area contributed by atoms with Gasteiger partial charge in [0.2, 0.25) is 5.91 Å². The van der Waals surface area contributed by atoms with E-state index in [4.69, 9.17) is 0 Å². The lowest BCUT2D eigenvalue weighted by molar-refractivity contribution is -0.120. The summed E-state index contributed by atoms with van der Waals surface area (Å²) in [4.78, 5) is 30.2. The Hall–Kier alpha value is -2.11. The third-order valence-corrected chi connectivity index (χ3v) is 6.28. The Morgan fingerprint density at radius 2 is 2.27 bits per heavy atom. The van der Waals surface area contributed by atoms with Gasteiger partial charge in [-0.15, -0.1) is 17.9 Å². The zero-order valence-corrected chi connectivity index (χ0v) is 16.0. The summed E-state index contributed by atoms with van der Waals surface area (Å²) in [5, 5.41) is 15.3. The van der Waals surface area contributed by atoms with E-state index in [1.165, 1.54) is 27.7 Å². The van der Waals surface area contributed by atoms with Crippen molar-refractivity contribution in [2.75, 3.05) is 5.75 Å². The highest BCUT2D eigenvalue weighted by Crippen LogP contribution is 2.28. The summed E-state index contributed by atoms with van der Waals surface area (Å²) in [6, 6.07) is 4.04. The van der Waals surface area contributed by atoms with Crippen molar-refractivity contribution in [3.8, 4) is 6.07 Å². The maximum atomic E-state index is 12.6. The minimum Gasteiger partial charge on any atom is -0.337 e. The SMILES string of the molecule is C=CCn1c(SCC(=O)NC2(C#N)CCCCC2)nc2sccc2c1=O. The first-order valence-electron chi connectivity index (χ1n) is 8.52. The van der Waals surface area contributed by atoms with Crippen LogP contribution in [0.3, 0.4) is 0 Å². The molecule has 1 saturated carbocycles. The molecule has 26 heavy (non-hydrogen) atoms. The van der Waals surface area contributed by atoms with Gasteiger partial charge < -0.3 is 5.32 Å². The van der Waals surface area contributed by atoms with E-state index in [0.717, 1.165) is 19.3 Å². The molecule has 0 atom stereocenters. The van der Waals surface area contributed by atoms with E-state index in [0.29, 0.717) is 34.8 Å². The molecule has 0 aliphatic heterocycles. The molecule has 0 radical (unpaired) electrons. The van der Waals surface area contributed by atoms with Gasteiger partial charge >= 0.3 is 0 Å². The second-order valence-corrected chi connectivity index (χ2v) is 8.17. The fourth-order valence-electron chi connectivity index (χ4n) is 3.18. The number of fused-ring (bicyclic) bond motifs is 1. The predicted molar refractivity (Wildman–Crippen MR) is 104 cm³/mol. The summed E-state index contributed by atoms with van der Waals surface area (Å²) in [5.41, 5.74) is -0.873. The third-order valence-electron chi connectivity index (χ3n) is 4.49. The number of nitriles is 1. The van der Waals surface area contributed by atoms with Gasteiger partial charge in [-0.3, -0.25) is 14.2 Å². The Morgan fingerprint density at radius 3 is 2.96 bits per heavy atom. The number of rotatable bonds is 6. The fraction of sp³-hybridized carbons (Fsp3) is 0.444. The number of hydrogen-bond acceptors (Lipinski definition) is 6. The van der Waals surface area contributed by atoms with Crippen LogP contribution < -0.4 is 10.9 Å². The molecule has 0 saturated heterocycles. The normalized spacial score (nSPS) is 16.1. The minimum atomic E-state index is -0.748. The number of carbonyl (C=O) groups is 1. The second-order valence-electron chi connectivity index (χ2n) is 6.33. The fourth-order valence-corrected chi connectivity index (χ4v) is 4.80. The van der Waals surface area contributed by atoms with Gasteiger partial charge in [-0.05, 0) is 24.3 Å². The summed E-state index contributed by atoms with van der Waals surface area (Å²) in [5.74, 6) is -0.0895. The van der Waals surface area contributed by atoms with E-state index in [1.807, 2.05) is 5.38 Å². The Bertz CT molecular complexity index is 919. The van der Waals surface area contributed by atoms with Crippen molar-refractivity contribution in [3.63, 3.8) is 0 Å². The molecular weight excluding hydrogens is 368 g/mol. The number of nitrogens with one attached hydrogen (secondary N) is 1. The van der Waals surface area contributed by atoms with Gasteiger partial charge in [-0.1, -0.05) is 37.1 Å². The van der Waals surface area contributed by atoms with E-state index in [9.17, 15) is 14.9 Å². The largest absolute Gasteiger partial charge is 0.337 e. The molecule has 1 fully saturated rings. The molecule has 8 heteroatoms. The number of amides is 1. The van der Waals surface area contributed by atoms with E-state index in [1.54, 1.807) is 12.1 Å². The van der Waals surface area contributed by atoms with Gasteiger partial charge in [0.05, 0.1) is 17.2 Å². The van der Waals surface area contributed by atoms with Crippen molar-refractivity contribution in [2.45, 2.75) is 49.3 Å². The number of aromatic nitrogens is 2. The molecule has 2 aromatic heterocycles. The predicted octanol–water partition coefficient (Wildman–Crippen LogP) is 3.08. The molecule has 1 N–H and O–H groups in total. The molecule has 1 aliphatic carbocycles. The molecule has 0 aromatic carbocycles. The first-order chi connectivity index (χ1) is 12.6. The summed E-state index contributed by atoms with van der Waals surface area (Å²) in [7, 11) is 0. The first kappa shape index (κ1) is 18.7. The van der Waals surface area contributed by atoms with Crippen LogP contribution in [0.25, 0.3) is 10.2 Å². The highest BCUT2D eigenvalue weighted by Gasteiger charge is 2.33. The summed E-state index contributed by atoms with van der Waals surface area (Å²) in [6.07, 6.45) is 6.04. The maximum absolute atomic E-state index is 12.6. The Kier molecular flexibility index (Phi) is 5.79. The maximum Gasteiger partial charge on any atom is 0.263 e. The van der Waals surface area contributed by atoms with Crippen molar-refractivity contribution in [2.24, 2.45) is 0 Å². The average Bonchev–Trinajstić information content (AvgIpc) is 3.12. The summed E-state index contributed by atoms with van der Waals surface area (Å²) in [6.45, 7) is 4.03. The molecule has 0 spiro atoms. The number of hydrogen-bond donors (Lipinski definition) is 1. The van der Waals surface area contributed by atoms with E-state index in [-0.39, 0.29) is 17.2 Å². The van der Waals surface area contributed by atoms with Crippen LogP contribution in [0.5, 0.6) is 0 Å². The number of thioether (sulfide) groups is 1. The Morgan fingerprint density at radius 1 is 1.50 bits per heavy atom. The van der Waals surface area contributed by atoms with Gasteiger partial charge in [0.15, 0.2) is 5.16 Å². The second kappa shape index (κ2) is 8.06. The van der Waals surface area contributed by atoms with Crippen molar-refractivity contribution >= 4 is 39.2 Å². The van der Waals surface area contributed by atoms with Crippen LogP contribution in [0.4, 0.5) is 0 Å². The smallest absolute Gasteiger partial charge is 0.263 e. The lowest BCUT2D eigenvalue weighted by atomic mass is 9.83. The Labute approximate surface area is 159 Å². The van der Waals surface area contributed by atoms with Crippen LogP contribution in [0, 0.1) is 11.3 Å². The lowest BCUT2D eigenvalue weighted by Gasteiger charge is -2.31. The monoisotopic (exact) mass is 388 g/mol. The molecule has 2 aromatic rings. The molecule has 1 aliphatic rings. The van der Waals surface area contributed by atoms with E-state index in [2.05, 4.69) is 22.9 Å². The molecular formula is C18H20N4O2S2. The van der Waals surface area contributed by atoms with Crippen molar-refractivity contribution in [3.05, 3.63) is 34.5 Å². The van der Waals surface area contributed by atoms with Crippen LogP contribution >= 0.6 is 23.1 Å². The summed E-state index contributed by atoms with van der Waals surface area (Å²) >= 11 is 2.62. The molecule has 2 heterocycles. The van der Waals surface area contributed by atoms with Gasteiger partial charge in [0, 0.05) is 6.54 Å². The zero-order valence-electron chi connectivity index (χ0n) is 14.4. The van der Waals surface area contributed by atoms with Crippen molar-refractivity contribution in [1.82, 2.24) is 14.9 Å². The summed E-state index contributed by atoms with van der Waals surface area (Å²) < 4.78 is 1.53. The third kappa shape index (κ3) is 3.84. The molecule has 136 valence electrons. The number of allylic oxidation sites excluding steroid dienone is 1. The number of carbonyl (C=O) groups excluding carboxylic acids is 1. The van der Waals surface area contributed by atoms with Crippen molar-refractivity contribution < 1.29 is 4.79 Å². The quantitative estimate of drug-likeness (QED) is 0.467. The topological polar surface area (TPSA) is 87.8 Å². The molecule has 1 amide bonds. The van der Waals surface area contributed by atoms with E-state index < -0.39 is 5.54 Å². The molecule has 6 nitrogen and oxygen atoms in total. The van der Waals surface area contributed by atoms with Gasteiger partial charge in [0.25, 0.3) is 5.56 Å². The average molecular weight is 389 g/mol. The van der Waals surface area contributed by atoms with Crippen LogP contribution in [0.2, 0.25) is 0 Å². The highest BCUT2D eigenvalue weighted by molar-refractivity contribution is 7.99. The van der Waals surface area contributed by atoms with Gasteiger partial charge in [-0.2, -0.15) is 5.26 Å². The van der Waals surface area contributed by atoms with Crippen LogP contribution in [0.15, 0.2) is 34.1 Å². The van der Waals surface area contributed by atoms with Crippen LogP contribution in [0.1, 0.15) is 32.1 Å². The van der Waals surface area contributed by atoms with Crippen LogP contribution in [-0.4, -0.2) is 26.8 Å². The molecule has 0 unspecified atom stereocenters. The van der Waals surface area contributed by atoms with Crippen LogP contribution in [-0.2, 0) is 11.3 Å². The zero-order chi connectivity index (χ0) is 18.6. The first-order valence-corrected chi connectivity index (χ1v) is 10.4. The number of nitrogens with zero attached hydrogens (tertiary/aromatic N) is 3. The van der Waals surface area contributed by atoms with Gasteiger partial charge in [0.1, 0.15) is 10.4 Å².